The lowest BCUT2D eigenvalue weighted by molar-refractivity contribution is 0.285. The third-order valence-corrected chi connectivity index (χ3v) is 5.43. The fourth-order valence-corrected chi connectivity index (χ4v) is 3.93. The Balaban J connectivity index is 1.43. The van der Waals surface area contributed by atoms with E-state index in [-0.39, 0.29) is 0 Å². The number of hydrogen-bond acceptors (Lipinski definition) is 5. The summed E-state index contributed by atoms with van der Waals surface area (Å²) in [6, 6.07) is 16.9. The normalized spacial score (nSPS) is 15.9. The third-order valence-electron chi connectivity index (χ3n) is 4.54. The first-order chi connectivity index (χ1) is 12.4. The highest BCUT2D eigenvalue weighted by molar-refractivity contribution is 7.13. The van der Waals surface area contributed by atoms with Crippen LogP contribution in [0.15, 0.2) is 60.1 Å². The van der Waals surface area contributed by atoms with Crippen molar-refractivity contribution >= 4 is 17.3 Å². The van der Waals surface area contributed by atoms with Crippen LogP contribution in [0.5, 0.6) is 0 Å². The molecule has 1 aromatic carbocycles. The fraction of sp³-hybridized carbons (Fsp3) is 0.300. The van der Waals surface area contributed by atoms with Crippen LogP contribution in [-0.2, 0) is 6.54 Å². The first-order valence-corrected chi connectivity index (χ1v) is 9.64. The Hall–Kier alpha value is -2.24. The molecule has 0 aliphatic carbocycles. The zero-order valence-electron chi connectivity index (χ0n) is 14.2. The molecular weight excluding hydrogens is 328 g/mol. The summed E-state index contributed by atoms with van der Waals surface area (Å²) in [7, 11) is 0. The second-order valence-corrected chi connectivity index (χ2v) is 7.27. The molecule has 5 heteroatoms. The number of benzene rings is 1. The van der Waals surface area contributed by atoms with Crippen LogP contribution >= 0.6 is 11.3 Å². The van der Waals surface area contributed by atoms with Gasteiger partial charge in [-0.2, -0.15) is 0 Å². The molecule has 25 heavy (non-hydrogen) atoms. The summed E-state index contributed by atoms with van der Waals surface area (Å²) in [5.74, 6) is 0.854. The number of rotatable bonds is 4. The van der Waals surface area contributed by atoms with Crippen molar-refractivity contribution in [2.75, 3.05) is 31.1 Å². The van der Waals surface area contributed by atoms with Crippen LogP contribution in [0, 0.1) is 0 Å². The molecule has 0 radical (unpaired) electrons. The minimum atomic E-state index is 0.854. The molecule has 3 heterocycles. The first-order valence-electron chi connectivity index (χ1n) is 8.77. The van der Waals surface area contributed by atoms with Crippen molar-refractivity contribution in [2.45, 2.75) is 13.0 Å². The monoisotopic (exact) mass is 350 g/mol. The summed E-state index contributed by atoms with van der Waals surface area (Å²) >= 11 is 1.72. The van der Waals surface area contributed by atoms with Gasteiger partial charge in [-0.05, 0) is 29.5 Å². The lowest BCUT2D eigenvalue weighted by atomic mass is 10.2. The molecule has 1 saturated heterocycles. The SMILES string of the molecule is c1ccc(CN2CCCN(c3nccc(-c4cccs4)n3)CC2)cc1. The van der Waals surface area contributed by atoms with Crippen molar-refractivity contribution in [2.24, 2.45) is 0 Å². The van der Waals surface area contributed by atoms with E-state index in [1.54, 1.807) is 11.3 Å². The molecule has 1 aliphatic rings. The number of thiophene rings is 1. The van der Waals surface area contributed by atoms with E-state index in [1.165, 1.54) is 10.4 Å². The Bertz CT molecular complexity index is 788. The fourth-order valence-electron chi connectivity index (χ4n) is 3.23. The molecule has 0 amide bonds. The lowest BCUT2D eigenvalue weighted by Crippen LogP contribution is -2.31. The highest BCUT2D eigenvalue weighted by Crippen LogP contribution is 2.24. The van der Waals surface area contributed by atoms with Crippen LogP contribution in [0.3, 0.4) is 0 Å². The summed E-state index contributed by atoms with van der Waals surface area (Å²) in [4.78, 5) is 15.4. The van der Waals surface area contributed by atoms with Crippen LogP contribution in [0.25, 0.3) is 10.6 Å². The maximum absolute atomic E-state index is 4.80. The van der Waals surface area contributed by atoms with E-state index < -0.39 is 0 Å². The molecule has 0 N–H and O–H groups in total. The van der Waals surface area contributed by atoms with E-state index in [0.717, 1.165) is 50.8 Å². The van der Waals surface area contributed by atoms with Crippen LogP contribution in [-0.4, -0.2) is 41.0 Å². The van der Waals surface area contributed by atoms with Crippen LogP contribution in [0.1, 0.15) is 12.0 Å². The second kappa shape index (κ2) is 7.76. The van der Waals surface area contributed by atoms with Crippen molar-refractivity contribution in [3.8, 4) is 10.6 Å². The molecule has 0 spiro atoms. The maximum atomic E-state index is 4.80. The lowest BCUT2D eigenvalue weighted by Gasteiger charge is -2.22. The molecule has 0 atom stereocenters. The predicted molar refractivity (Wildman–Crippen MR) is 104 cm³/mol. The van der Waals surface area contributed by atoms with Gasteiger partial charge in [-0.1, -0.05) is 36.4 Å². The summed E-state index contributed by atoms with van der Waals surface area (Å²) < 4.78 is 0. The Morgan fingerprint density at radius 2 is 1.84 bits per heavy atom. The molecular formula is C20H22N4S. The molecule has 128 valence electrons. The van der Waals surface area contributed by atoms with Gasteiger partial charge in [0.2, 0.25) is 5.95 Å². The minimum Gasteiger partial charge on any atom is -0.339 e. The van der Waals surface area contributed by atoms with E-state index in [4.69, 9.17) is 4.98 Å². The van der Waals surface area contributed by atoms with Crippen LogP contribution in [0.4, 0.5) is 5.95 Å². The van der Waals surface area contributed by atoms with Gasteiger partial charge in [0.05, 0.1) is 10.6 Å². The van der Waals surface area contributed by atoms with Crippen LogP contribution < -0.4 is 4.90 Å². The van der Waals surface area contributed by atoms with Gasteiger partial charge in [-0.25, -0.2) is 9.97 Å². The summed E-state index contributed by atoms with van der Waals surface area (Å²) in [6.45, 7) is 5.17. The first kappa shape index (κ1) is 16.2. The third kappa shape index (κ3) is 4.06. The molecule has 1 fully saturated rings. The molecule has 0 bridgehead atoms. The van der Waals surface area contributed by atoms with Gasteiger partial charge in [0.1, 0.15) is 0 Å². The smallest absolute Gasteiger partial charge is 0.225 e. The zero-order valence-corrected chi connectivity index (χ0v) is 15.0. The van der Waals surface area contributed by atoms with Gasteiger partial charge >= 0.3 is 0 Å². The summed E-state index contributed by atoms with van der Waals surface area (Å²) in [5, 5.41) is 2.09. The van der Waals surface area contributed by atoms with E-state index in [0.29, 0.717) is 0 Å². The Kier molecular flexibility index (Phi) is 5.04. The largest absolute Gasteiger partial charge is 0.339 e. The number of aromatic nitrogens is 2. The zero-order chi connectivity index (χ0) is 16.9. The minimum absolute atomic E-state index is 0.854. The van der Waals surface area contributed by atoms with Gasteiger partial charge < -0.3 is 4.90 Å². The Morgan fingerprint density at radius 1 is 0.920 bits per heavy atom. The van der Waals surface area contributed by atoms with Gasteiger partial charge in [-0.15, -0.1) is 11.3 Å². The molecule has 2 aromatic heterocycles. The van der Waals surface area contributed by atoms with Crippen molar-refractivity contribution in [1.82, 2.24) is 14.9 Å². The Labute approximate surface area is 152 Å². The Morgan fingerprint density at radius 3 is 2.68 bits per heavy atom. The number of hydrogen-bond donors (Lipinski definition) is 0. The van der Waals surface area contributed by atoms with E-state index in [2.05, 4.69) is 62.6 Å². The van der Waals surface area contributed by atoms with E-state index >= 15 is 0 Å². The molecule has 0 unspecified atom stereocenters. The van der Waals surface area contributed by atoms with E-state index in [1.807, 2.05) is 12.3 Å². The van der Waals surface area contributed by atoms with Crippen molar-refractivity contribution in [3.63, 3.8) is 0 Å². The number of nitrogens with zero attached hydrogens (tertiary/aromatic N) is 4. The highest BCUT2D eigenvalue weighted by Gasteiger charge is 2.17. The number of anilines is 1. The average Bonchev–Trinajstić information content (AvgIpc) is 3.10. The van der Waals surface area contributed by atoms with E-state index in [9.17, 15) is 0 Å². The van der Waals surface area contributed by atoms with Gasteiger partial charge in [0.25, 0.3) is 0 Å². The van der Waals surface area contributed by atoms with Gasteiger partial charge in [-0.3, -0.25) is 4.90 Å². The topological polar surface area (TPSA) is 32.3 Å². The average molecular weight is 350 g/mol. The summed E-state index contributed by atoms with van der Waals surface area (Å²) in [6.07, 6.45) is 3.02. The van der Waals surface area contributed by atoms with Crippen LogP contribution in [0.2, 0.25) is 0 Å². The van der Waals surface area contributed by atoms with Crippen molar-refractivity contribution in [3.05, 3.63) is 65.7 Å². The molecule has 1 aliphatic heterocycles. The molecule has 0 saturated carbocycles. The van der Waals surface area contributed by atoms with Gasteiger partial charge in [0, 0.05) is 38.9 Å². The van der Waals surface area contributed by atoms with Crippen molar-refractivity contribution < 1.29 is 0 Å². The molecule has 4 nitrogen and oxygen atoms in total. The quantitative estimate of drug-likeness (QED) is 0.714. The second-order valence-electron chi connectivity index (χ2n) is 6.32. The highest BCUT2D eigenvalue weighted by atomic mass is 32.1. The summed E-state index contributed by atoms with van der Waals surface area (Å²) in [5.41, 5.74) is 2.40. The maximum Gasteiger partial charge on any atom is 0.225 e. The molecule has 4 rings (SSSR count). The standard InChI is InChI=1S/C20H22N4S/c1-2-6-17(7-3-1)16-23-11-5-12-24(14-13-23)20-21-10-9-18(22-20)19-8-4-15-25-19/h1-4,6-10,15H,5,11-14,16H2. The van der Waals surface area contributed by atoms with Gasteiger partial charge in [0.15, 0.2) is 0 Å². The predicted octanol–water partition coefficient (Wildman–Crippen LogP) is 3.92. The molecule has 3 aromatic rings. The van der Waals surface area contributed by atoms with Crippen molar-refractivity contribution in [1.29, 1.82) is 0 Å².